The molecule has 0 bridgehead atoms. The lowest BCUT2D eigenvalue weighted by atomic mass is 10.1. The zero-order valence-corrected chi connectivity index (χ0v) is 12.5. The second-order valence-corrected chi connectivity index (χ2v) is 5.28. The summed E-state index contributed by atoms with van der Waals surface area (Å²) in [5.74, 6) is -1.08. The maximum atomic E-state index is 11.3. The number of aromatic carboxylic acids is 1. The fourth-order valence-corrected chi connectivity index (χ4v) is 2.69. The van der Waals surface area contributed by atoms with Gasteiger partial charge in [-0.2, -0.15) is 10.4 Å². The summed E-state index contributed by atoms with van der Waals surface area (Å²) in [7, 11) is 1.79. The third-order valence-corrected chi connectivity index (χ3v) is 3.83. The van der Waals surface area contributed by atoms with Gasteiger partial charge >= 0.3 is 5.97 Å². The molecule has 2 N–H and O–H groups in total. The summed E-state index contributed by atoms with van der Waals surface area (Å²) < 4.78 is 1.69. The molecule has 1 aromatic carbocycles. The van der Waals surface area contributed by atoms with Crippen LogP contribution >= 0.6 is 0 Å². The van der Waals surface area contributed by atoms with Gasteiger partial charge in [-0.15, -0.1) is 0 Å². The molecule has 0 saturated carbocycles. The highest BCUT2D eigenvalue weighted by molar-refractivity contribution is 6.01. The first-order valence-corrected chi connectivity index (χ1v) is 7.03. The van der Waals surface area contributed by atoms with E-state index in [9.17, 15) is 9.90 Å². The summed E-state index contributed by atoms with van der Waals surface area (Å²) in [6.07, 6.45) is 2.90. The number of nitrogens with zero attached hydrogens (tertiary/aromatic N) is 5. The van der Waals surface area contributed by atoms with Crippen molar-refractivity contribution < 1.29 is 9.90 Å². The highest BCUT2D eigenvalue weighted by Gasteiger charge is 2.17. The average Bonchev–Trinajstić information content (AvgIpc) is 3.15. The van der Waals surface area contributed by atoms with Crippen molar-refractivity contribution in [3.63, 3.8) is 0 Å². The highest BCUT2D eigenvalue weighted by Crippen LogP contribution is 2.28. The number of hydrogen-bond acceptors (Lipinski definition) is 5. The standard InChI is InChI=1S/C16H10N6O2/c1-22-12-3-2-8(5-17)4-9(12)13(21-22)11-7-19-15-14(20-11)10(6-18-15)16(23)24/h2-4,6-7H,1H3,(H,18,19)(H,23,24). The molecule has 0 radical (unpaired) electrons. The molecular formula is C16H10N6O2. The summed E-state index contributed by atoms with van der Waals surface area (Å²) in [5.41, 5.74) is 3.08. The van der Waals surface area contributed by atoms with Gasteiger partial charge in [-0.25, -0.2) is 14.8 Å². The molecule has 0 aliphatic heterocycles. The number of aromatic nitrogens is 5. The number of aryl methyl sites for hydroxylation is 1. The molecular weight excluding hydrogens is 308 g/mol. The van der Waals surface area contributed by atoms with Crippen LogP contribution in [0.2, 0.25) is 0 Å². The van der Waals surface area contributed by atoms with Crippen LogP contribution in [-0.4, -0.2) is 35.8 Å². The van der Waals surface area contributed by atoms with E-state index < -0.39 is 5.97 Å². The number of fused-ring (bicyclic) bond motifs is 2. The lowest BCUT2D eigenvalue weighted by Gasteiger charge is -1.98. The minimum Gasteiger partial charge on any atom is -0.478 e. The Morgan fingerprint density at radius 1 is 1.42 bits per heavy atom. The summed E-state index contributed by atoms with van der Waals surface area (Å²) in [4.78, 5) is 22.7. The third-order valence-electron chi connectivity index (χ3n) is 3.83. The minimum atomic E-state index is -1.08. The van der Waals surface area contributed by atoms with Crippen molar-refractivity contribution in [3.8, 4) is 17.5 Å². The molecule has 0 aliphatic rings. The number of H-pyrrole nitrogens is 1. The van der Waals surface area contributed by atoms with Gasteiger partial charge in [0.05, 0.1) is 23.3 Å². The number of hydrogen-bond donors (Lipinski definition) is 2. The van der Waals surface area contributed by atoms with Crippen molar-refractivity contribution in [2.24, 2.45) is 7.05 Å². The molecule has 0 spiro atoms. The first kappa shape index (κ1) is 13.9. The van der Waals surface area contributed by atoms with Crippen molar-refractivity contribution >= 4 is 28.0 Å². The summed E-state index contributed by atoms with van der Waals surface area (Å²) >= 11 is 0. The van der Waals surface area contributed by atoms with Crippen LogP contribution < -0.4 is 0 Å². The van der Waals surface area contributed by atoms with E-state index in [1.165, 1.54) is 12.4 Å². The number of rotatable bonds is 2. The van der Waals surface area contributed by atoms with Crippen LogP contribution in [0.15, 0.2) is 30.6 Å². The van der Waals surface area contributed by atoms with Gasteiger partial charge in [0.1, 0.15) is 22.5 Å². The summed E-state index contributed by atoms with van der Waals surface area (Å²) in [5, 5.41) is 23.5. The lowest BCUT2D eigenvalue weighted by molar-refractivity contribution is 0.0699. The number of nitriles is 1. The molecule has 24 heavy (non-hydrogen) atoms. The smallest absolute Gasteiger partial charge is 0.339 e. The number of carbonyl (C=O) groups is 1. The van der Waals surface area contributed by atoms with Crippen molar-refractivity contribution in [2.45, 2.75) is 0 Å². The molecule has 0 saturated heterocycles. The van der Waals surface area contributed by atoms with E-state index >= 15 is 0 Å². The average molecular weight is 318 g/mol. The summed E-state index contributed by atoms with van der Waals surface area (Å²) in [6.45, 7) is 0. The monoisotopic (exact) mass is 318 g/mol. The van der Waals surface area contributed by atoms with Gasteiger partial charge in [-0.1, -0.05) is 0 Å². The second-order valence-electron chi connectivity index (χ2n) is 5.28. The number of carboxylic acid groups (broad SMARTS) is 1. The number of benzene rings is 1. The van der Waals surface area contributed by atoms with Gasteiger partial charge in [-0.05, 0) is 18.2 Å². The van der Waals surface area contributed by atoms with Gasteiger partial charge < -0.3 is 10.1 Å². The number of carboxylic acids is 1. The quantitative estimate of drug-likeness (QED) is 0.583. The Hall–Kier alpha value is -3.73. The van der Waals surface area contributed by atoms with Crippen LogP contribution in [-0.2, 0) is 7.05 Å². The van der Waals surface area contributed by atoms with Gasteiger partial charge in [0, 0.05) is 18.6 Å². The van der Waals surface area contributed by atoms with Gasteiger partial charge in [0.2, 0.25) is 0 Å². The van der Waals surface area contributed by atoms with Crippen molar-refractivity contribution in [1.29, 1.82) is 5.26 Å². The first-order chi connectivity index (χ1) is 11.6. The molecule has 3 heterocycles. The predicted octanol–water partition coefficient (Wildman–Crippen LogP) is 2.08. The van der Waals surface area contributed by atoms with Crippen LogP contribution in [0.4, 0.5) is 0 Å². The van der Waals surface area contributed by atoms with Crippen molar-refractivity contribution in [3.05, 3.63) is 41.7 Å². The largest absolute Gasteiger partial charge is 0.478 e. The van der Waals surface area contributed by atoms with Crippen LogP contribution in [0.1, 0.15) is 15.9 Å². The Morgan fingerprint density at radius 2 is 2.25 bits per heavy atom. The number of nitrogens with one attached hydrogen (secondary N) is 1. The zero-order chi connectivity index (χ0) is 16.8. The van der Waals surface area contributed by atoms with E-state index in [0.717, 1.165) is 10.9 Å². The molecule has 4 rings (SSSR count). The van der Waals surface area contributed by atoms with Gasteiger partial charge in [0.25, 0.3) is 0 Å². The maximum Gasteiger partial charge on any atom is 0.339 e. The second kappa shape index (κ2) is 4.89. The van der Waals surface area contributed by atoms with E-state index in [2.05, 4.69) is 26.1 Å². The molecule has 116 valence electrons. The van der Waals surface area contributed by atoms with Gasteiger partial charge in [0.15, 0.2) is 5.65 Å². The van der Waals surface area contributed by atoms with Crippen molar-refractivity contribution in [2.75, 3.05) is 0 Å². The maximum absolute atomic E-state index is 11.3. The van der Waals surface area contributed by atoms with E-state index in [-0.39, 0.29) is 11.1 Å². The Kier molecular flexibility index (Phi) is 2.83. The Morgan fingerprint density at radius 3 is 3.00 bits per heavy atom. The van der Waals surface area contributed by atoms with Crippen LogP contribution in [0, 0.1) is 11.3 Å². The van der Waals surface area contributed by atoms with Crippen LogP contribution in [0.5, 0.6) is 0 Å². The molecule has 8 nitrogen and oxygen atoms in total. The van der Waals surface area contributed by atoms with E-state index in [0.29, 0.717) is 22.6 Å². The SMILES string of the molecule is Cn1nc(-c2cnc3[nH]cc(C(=O)O)c3n2)c2cc(C#N)ccc21. The topological polar surface area (TPSA) is 120 Å². The Bertz CT molecular complexity index is 1160. The first-order valence-electron chi connectivity index (χ1n) is 7.03. The Labute approximate surface area is 135 Å². The normalized spacial score (nSPS) is 11.0. The predicted molar refractivity (Wildman–Crippen MR) is 85.3 cm³/mol. The molecule has 0 atom stereocenters. The molecule has 4 aromatic rings. The fraction of sp³-hybridized carbons (Fsp3) is 0.0625. The van der Waals surface area contributed by atoms with Crippen LogP contribution in [0.25, 0.3) is 33.5 Å². The molecule has 0 fully saturated rings. The van der Waals surface area contributed by atoms with E-state index in [4.69, 9.17) is 5.26 Å². The molecule has 0 amide bonds. The van der Waals surface area contributed by atoms with Crippen molar-refractivity contribution in [1.82, 2.24) is 24.7 Å². The minimum absolute atomic E-state index is 0.0531. The zero-order valence-electron chi connectivity index (χ0n) is 12.5. The molecule has 0 aliphatic carbocycles. The Balaban J connectivity index is 2.00. The summed E-state index contributed by atoms with van der Waals surface area (Å²) in [6, 6.07) is 7.37. The molecule has 8 heteroatoms. The lowest BCUT2D eigenvalue weighted by Crippen LogP contribution is -1.97. The number of aromatic amines is 1. The van der Waals surface area contributed by atoms with E-state index in [1.54, 1.807) is 23.9 Å². The third kappa shape index (κ3) is 1.92. The fourth-order valence-electron chi connectivity index (χ4n) is 2.69. The molecule has 3 aromatic heterocycles. The van der Waals surface area contributed by atoms with Crippen LogP contribution in [0.3, 0.4) is 0 Å². The molecule has 0 unspecified atom stereocenters. The van der Waals surface area contributed by atoms with Gasteiger partial charge in [-0.3, -0.25) is 4.68 Å². The highest BCUT2D eigenvalue weighted by atomic mass is 16.4. The van der Waals surface area contributed by atoms with E-state index in [1.807, 2.05) is 6.07 Å².